The third-order valence-electron chi connectivity index (χ3n) is 2.08. The van der Waals surface area contributed by atoms with Gasteiger partial charge < -0.3 is 4.74 Å². The van der Waals surface area contributed by atoms with Crippen molar-refractivity contribution >= 4 is 0 Å². The molecule has 11 heavy (non-hydrogen) atoms. The van der Waals surface area contributed by atoms with Crippen molar-refractivity contribution in [3.8, 4) is 0 Å². The molecule has 0 amide bonds. The Balaban J connectivity index is 2.72. The van der Waals surface area contributed by atoms with E-state index in [-0.39, 0.29) is 0 Å². The molecule has 62 valence electrons. The van der Waals surface area contributed by atoms with Crippen molar-refractivity contribution in [1.82, 2.24) is 0 Å². The van der Waals surface area contributed by atoms with Crippen LogP contribution in [0.1, 0.15) is 33.6 Å². The zero-order valence-electron chi connectivity index (χ0n) is 7.55. The first-order chi connectivity index (χ1) is 5.27. The monoisotopic (exact) mass is 152 g/mol. The Morgan fingerprint density at radius 2 is 2.09 bits per heavy atom. The molecule has 1 atom stereocenters. The third kappa shape index (κ3) is 1.86. The number of ether oxygens (including phenoxy) is 1. The van der Waals surface area contributed by atoms with Crippen LogP contribution in [0.3, 0.4) is 0 Å². The molecule has 1 aliphatic rings. The molecule has 0 aromatic rings. The Bertz CT molecular complexity index is 189. The Labute approximate surface area is 68.8 Å². The molecule has 1 fully saturated rings. The van der Waals surface area contributed by atoms with Crippen LogP contribution in [0.5, 0.6) is 0 Å². The summed E-state index contributed by atoms with van der Waals surface area (Å²) in [5.41, 5.74) is 1.35. The lowest BCUT2D eigenvalue weighted by atomic mass is 10.0. The summed E-state index contributed by atoms with van der Waals surface area (Å²) >= 11 is 0. The van der Waals surface area contributed by atoms with Crippen LogP contribution < -0.4 is 0 Å². The maximum atomic E-state index is 5.63. The Kier molecular flexibility index (Phi) is 2.75. The van der Waals surface area contributed by atoms with E-state index in [4.69, 9.17) is 4.74 Å². The highest BCUT2D eigenvalue weighted by molar-refractivity contribution is 5.26. The number of hydrogen-bond acceptors (Lipinski definition) is 1. The largest absolute Gasteiger partial charge is 0.491 e. The lowest BCUT2D eigenvalue weighted by Gasteiger charge is -2.25. The van der Waals surface area contributed by atoms with E-state index in [9.17, 15) is 0 Å². The molecule has 1 heteroatoms. The molecule has 0 saturated carbocycles. The molecular formula is C10H16O. The van der Waals surface area contributed by atoms with Gasteiger partial charge in [-0.2, -0.15) is 0 Å². The van der Waals surface area contributed by atoms with Crippen molar-refractivity contribution in [1.29, 1.82) is 0 Å². The van der Waals surface area contributed by atoms with Crippen LogP contribution in [0.15, 0.2) is 23.5 Å². The predicted molar refractivity (Wildman–Crippen MR) is 47.3 cm³/mol. The van der Waals surface area contributed by atoms with Gasteiger partial charge in [0.25, 0.3) is 0 Å². The zero-order chi connectivity index (χ0) is 8.27. The third-order valence-corrected chi connectivity index (χ3v) is 2.08. The summed E-state index contributed by atoms with van der Waals surface area (Å²) in [6, 6.07) is 0. The maximum absolute atomic E-state index is 5.63. The molecule has 1 unspecified atom stereocenters. The number of rotatable bonds is 0. The molecule has 1 heterocycles. The van der Waals surface area contributed by atoms with Gasteiger partial charge in [-0.05, 0) is 45.3 Å². The molecular weight excluding hydrogens is 136 g/mol. The Morgan fingerprint density at radius 3 is 2.64 bits per heavy atom. The Morgan fingerprint density at radius 1 is 1.36 bits per heavy atom. The van der Waals surface area contributed by atoms with E-state index >= 15 is 0 Å². The minimum absolute atomic E-state index is 0.393. The second-order valence-corrected chi connectivity index (χ2v) is 2.93. The van der Waals surface area contributed by atoms with Crippen LogP contribution in [0.25, 0.3) is 0 Å². The summed E-state index contributed by atoms with van der Waals surface area (Å²) in [5.74, 6) is 1.08. The normalized spacial score (nSPS) is 32.5. The molecule has 1 aliphatic heterocycles. The highest BCUT2D eigenvalue weighted by Gasteiger charge is 2.16. The smallest absolute Gasteiger partial charge is 0.118 e. The van der Waals surface area contributed by atoms with Gasteiger partial charge in [0, 0.05) is 0 Å². The first-order valence-corrected chi connectivity index (χ1v) is 4.26. The zero-order valence-corrected chi connectivity index (χ0v) is 7.55. The van der Waals surface area contributed by atoms with Crippen molar-refractivity contribution < 1.29 is 4.74 Å². The summed E-state index contributed by atoms with van der Waals surface area (Å²) in [6.45, 7) is 6.21. The van der Waals surface area contributed by atoms with Crippen LogP contribution in [-0.2, 0) is 4.74 Å². The highest BCUT2D eigenvalue weighted by atomic mass is 16.5. The standard InChI is InChI=1S/C10H16O/c1-4-9-7-6-8(3)11-10(9)5-2/h4-5,8H,6-7H2,1-3H3/b9-4-,10-5+. The second kappa shape index (κ2) is 3.61. The van der Waals surface area contributed by atoms with Gasteiger partial charge in [-0.3, -0.25) is 0 Å². The van der Waals surface area contributed by atoms with Crippen molar-refractivity contribution in [3.63, 3.8) is 0 Å². The van der Waals surface area contributed by atoms with E-state index in [1.54, 1.807) is 0 Å². The first kappa shape index (κ1) is 8.38. The van der Waals surface area contributed by atoms with Gasteiger partial charge in [0.05, 0.1) is 6.10 Å². The van der Waals surface area contributed by atoms with E-state index < -0.39 is 0 Å². The lowest BCUT2D eigenvalue weighted by Crippen LogP contribution is -2.15. The van der Waals surface area contributed by atoms with E-state index in [2.05, 4.69) is 19.9 Å². The van der Waals surface area contributed by atoms with Crippen molar-refractivity contribution in [2.75, 3.05) is 0 Å². The number of hydrogen-bond donors (Lipinski definition) is 0. The molecule has 0 aromatic carbocycles. The van der Waals surface area contributed by atoms with E-state index in [0.717, 1.165) is 18.6 Å². The minimum Gasteiger partial charge on any atom is -0.491 e. The fraction of sp³-hybridized carbons (Fsp3) is 0.600. The lowest BCUT2D eigenvalue weighted by molar-refractivity contribution is 0.110. The summed E-state index contributed by atoms with van der Waals surface area (Å²) in [7, 11) is 0. The van der Waals surface area contributed by atoms with Crippen molar-refractivity contribution in [3.05, 3.63) is 23.5 Å². The number of allylic oxidation sites excluding steroid dienone is 3. The van der Waals surface area contributed by atoms with Gasteiger partial charge in [-0.25, -0.2) is 0 Å². The maximum Gasteiger partial charge on any atom is 0.118 e. The van der Waals surface area contributed by atoms with E-state index in [1.165, 1.54) is 5.57 Å². The SMILES string of the molecule is C/C=C1/CCC(C)O/C1=C/C. The molecule has 0 aliphatic carbocycles. The van der Waals surface area contributed by atoms with Crippen LogP contribution in [0.2, 0.25) is 0 Å². The quantitative estimate of drug-likeness (QED) is 0.518. The molecule has 0 aromatic heterocycles. The minimum atomic E-state index is 0.393. The van der Waals surface area contributed by atoms with Crippen LogP contribution in [0.4, 0.5) is 0 Å². The summed E-state index contributed by atoms with van der Waals surface area (Å²) in [6.07, 6.45) is 6.89. The average Bonchev–Trinajstić information content (AvgIpc) is 2.04. The van der Waals surface area contributed by atoms with Crippen LogP contribution in [0, 0.1) is 0 Å². The molecule has 0 N–H and O–H groups in total. The molecule has 0 radical (unpaired) electrons. The predicted octanol–water partition coefficient (Wildman–Crippen LogP) is 3.04. The van der Waals surface area contributed by atoms with Gasteiger partial charge in [0.1, 0.15) is 5.76 Å². The van der Waals surface area contributed by atoms with Crippen molar-refractivity contribution in [2.24, 2.45) is 0 Å². The van der Waals surface area contributed by atoms with Crippen LogP contribution >= 0.6 is 0 Å². The second-order valence-electron chi connectivity index (χ2n) is 2.93. The van der Waals surface area contributed by atoms with E-state index in [1.807, 2.05) is 13.0 Å². The van der Waals surface area contributed by atoms with Gasteiger partial charge in [-0.15, -0.1) is 0 Å². The van der Waals surface area contributed by atoms with Crippen molar-refractivity contribution in [2.45, 2.75) is 39.7 Å². The topological polar surface area (TPSA) is 9.23 Å². The van der Waals surface area contributed by atoms with Gasteiger partial charge >= 0.3 is 0 Å². The molecule has 1 rings (SSSR count). The van der Waals surface area contributed by atoms with E-state index in [0.29, 0.717) is 6.10 Å². The Hall–Kier alpha value is -0.720. The summed E-state index contributed by atoms with van der Waals surface area (Å²) < 4.78 is 5.63. The first-order valence-electron chi connectivity index (χ1n) is 4.26. The molecule has 0 spiro atoms. The van der Waals surface area contributed by atoms with Gasteiger partial charge in [0.2, 0.25) is 0 Å². The molecule has 0 bridgehead atoms. The fourth-order valence-corrected chi connectivity index (χ4v) is 1.37. The van der Waals surface area contributed by atoms with Gasteiger partial charge in [0.15, 0.2) is 0 Å². The summed E-state index contributed by atoms with van der Waals surface area (Å²) in [5, 5.41) is 0. The summed E-state index contributed by atoms with van der Waals surface area (Å²) in [4.78, 5) is 0. The fourth-order valence-electron chi connectivity index (χ4n) is 1.37. The molecule has 1 saturated heterocycles. The van der Waals surface area contributed by atoms with Crippen LogP contribution in [-0.4, -0.2) is 6.10 Å². The average molecular weight is 152 g/mol. The van der Waals surface area contributed by atoms with Gasteiger partial charge in [-0.1, -0.05) is 6.08 Å². The highest BCUT2D eigenvalue weighted by Crippen LogP contribution is 2.26. The molecule has 1 nitrogen and oxygen atoms in total.